The number of fused-ring (bicyclic) bond motifs is 2. The summed E-state index contributed by atoms with van der Waals surface area (Å²) in [6.45, 7) is 0.225. The third-order valence-corrected chi connectivity index (χ3v) is 5.16. The van der Waals surface area contributed by atoms with E-state index in [2.05, 4.69) is 9.97 Å². The Balaban J connectivity index is 1.44. The largest absolute Gasteiger partial charge is 0.337 e. The zero-order valence-corrected chi connectivity index (χ0v) is 14.8. The highest BCUT2D eigenvalue weighted by atomic mass is 16.2. The molecule has 1 aromatic heterocycles. The van der Waals surface area contributed by atoms with Gasteiger partial charge in [0.15, 0.2) is 5.82 Å². The van der Waals surface area contributed by atoms with Gasteiger partial charge in [-0.2, -0.15) is 0 Å². The molecule has 5 rings (SSSR count). The maximum absolute atomic E-state index is 12.9. The first-order valence-electron chi connectivity index (χ1n) is 9.00. The standard InChI is InChI=1S/C21H16N4O3/c26-18(13-7-3-1-4-8-13)19-22-15-11-17-20(27)25(14-9-5-2-6-10-14)21(28)24(17)12-16(15)23-19/h1-10,17H,11-12H2,(H,22,23). The fourth-order valence-electron chi connectivity index (χ4n) is 3.76. The Bertz CT molecular complexity index is 1050. The van der Waals surface area contributed by atoms with Gasteiger partial charge >= 0.3 is 6.03 Å². The molecule has 2 aliphatic heterocycles. The van der Waals surface area contributed by atoms with E-state index in [0.717, 1.165) is 0 Å². The van der Waals surface area contributed by atoms with Crippen LogP contribution in [0.25, 0.3) is 0 Å². The highest BCUT2D eigenvalue weighted by molar-refractivity contribution is 6.21. The van der Waals surface area contributed by atoms with Gasteiger partial charge < -0.3 is 9.88 Å². The van der Waals surface area contributed by atoms with Crippen molar-refractivity contribution >= 4 is 23.4 Å². The van der Waals surface area contributed by atoms with Crippen LogP contribution >= 0.6 is 0 Å². The SMILES string of the molecule is O=C(c1ccccc1)c1nc2c([nH]1)CN1C(=O)N(c3ccccc3)C(=O)C1C2. The van der Waals surface area contributed by atoms with Crippen molar-refractivity contribution in [2.75, 3.05) is 4.90 Å². The summed E-state index contributed by atoms with van der Waals surface area (Å²) < 4.78 is 0. The average Bonchev–Trinajstić information content (AvgIpc) is 3.26. The molecule has 0 spiro atoms. The van der Waals surface area contributed by atoms with Crippen molar-refractivity contribution in [1.29, 1.82) is 0 Å². The molecule has 28 heavy (non-hydrogen) atoms. The van der Waals surface area contributed by atoms with Gasteiger partial charge in [0.25, 0.3) is 5.91 Å². The van der Waals surface area contributed by atoms with Crippen molar-refractivity contribution in [3.63, 3.8) is 0 Å². The van der Waals surface area contributed by atoms with Crippen LogP contribution in [0.5, 0.6) is 0 Å². The molecule has 0 radical (unpaired) electrons. The van der Waals surface area contributed by atoms with Crippen LogP contribution in [-0.4, -0.2) is 38.6 Å². The van der Waals surface area contributed by atoms with Crippen LogP contribution in [-0.2, 0) is 17.8 Å². The summed E-state index contributed by atoms with van der Waals surface area (Å²) in [4.78, 5) is 48.6. The smallest absolute Gasteiger partial charge is 0.332 e. The molecule has 3 amide bonds. The summed E-state index contributed by atoms with van der Waals surface area (Å²) in [6, 6.07) is 16.8. The van der Waals surface area contributed by atoms with E-state index in [-0.39, 0.29) is 30.1 Å². The van der Waals surface area contributed by atoms with Gasteiger partial charge in [-0.05, 0) is 12.1 Å². The number of carbonyl (C=O) groups excluding carboxylic acids is 3. The van der Waals surface area contributed by atoms with E-state index in [9.17, 15) is 14.4 Å². The zero-order chi connectivity index (χ0) is 19.3. The quantitative estimate of drug-likeness (QED) is 0.565. The fraction of sp³-hybridized carbons (Fsp3) is 0.143. The Labute approximate surface area is 160 Å². The van der Waals surface area contributed by atoms with Gasteiger partial charge in [0, 0.05) is 12.0 Å². The molecular formula is C21H16N4O3. The van der Waals surface area contributed by atoms with Crippen LogP contribution in [0.2, 0.25) is 0 Å². The minimum atomic E-state index is -0.594. The van der Waals surface area contributed by atoms with E-state index < -0.39 is 6.04 Å². The number of hydrogen-bond donors (Lipinski definition) is 1. The van der Waals surface area contributed by atoms with Gasteiger partial charge in [0.1, 0.15) is 6.04 Å². The van der Waals surface area contributed by atoms with Crippen LogP contribution < -0.4 is 4.90 Å². The number of ketones is 1. The molecule has 3 heterocycles. The Morgan fingerprint density at radius 2 is 1.68 bits per heavy atom. The van der Waals surface area contributed by atoms with Gasteiger partial charge in [0.05, 0.1) is 23.6 Å². The summed E-state index contributed by atoms with van der Waals surface area (Å²) in [7, 11) is 0. The lowest BCUT2D eigenvalue weighted by Gasteiger charge is -2.25. The van der Waals surface area contributed by atoms with Crippen molar-refractivity contribution in [1.82, 2.24) is 14.9 Å². The summed E-state index contributed by atoms with van der Waals surface area (Å²) in [5.74, 6) is -0.239. The van der Waals surface area contributed by atoms with Crippen molar-refractivity contribution in [3.8, 4) is 0 Å². The molecule has 0 bridgehead atoms. The molecule has 1 unspecified atom stereocenters. The van der Waals surface area contributed by atoms with Gasteiger partial charge in [-0.3, -0.25) is 9.59 Å². The first-order valence-corrected chi connectivity index (χ1v) is 9.00. The minimum Gasteiger partial charge on any atom is -0.337 e. The van der Waals surface area contributed by atoms with E-state index in [1.165, 1.54) is 9.80 Å². The first kappa shape index (κ1) is 16.4. The molecule has 1 N–H and O–H groups in total. The summed E-state index contributed by atoms with van der Waals surface area (Å²) >= 11 is 0. The molecule has 1 atom stereocenters. The van der Waals surface area contributed by atoms with E-state index in [0.29, 0.717) is 29.1 Å². The second kappa shape index (κ2) is 6.16. The Morgan fingerprint density at radius 3 is 2.39 bits per heavy atom. The lowest BCUT2D eigenvalue weighted by Crippen LogP contribution is -2.40. The molecule has 138 valence electrons. The number of amides is 3. The summed E-state index contributed by atoms with van der Waals surface area (Å²) in [6.07, 6.45) is 0.293. The number of nitrogens with one attached hydrogen (secondary N) is 1. The highest BCUT2D eigenvalue weighted by Crippen LogP contribution is 2.32. The summed E-state index contributed by atoms with van der Waals surface area (Å²) in [5.41, 5.74) is 2.46. The van der Waals surface area contributed by atoms with E-state index in [4.69, 9.17) is 0 Å². The van der Waals surface area contributed by atoms with Crippen molar-refractivity contribution in [2.24, 2.45) is 0 Å². The number of benzene rings is 2. The number of urea groups is 1. The van der Waals surface area contributed by atoms with Crippen molar-refractivity contribution in [3.05, 3.63) is 83.4 Å². The maximum Gasteiger partial charge on any atom is 0.332 e. The van der Waals surface area contributed by atoms with Gasteiger partial charge in [-0.15, -0.1) is 0 Å². The Hall–Kier alpha value is -3.74. The highest BCUT2D eigenvalue weighted by Gasteiger charge is 2.48. The molecule has 2 aromatic carbocycles. The number of rotatable bonds is 3. The number of anilines is 1. The monoisotopic (exact) mass is 372 g/mol. The number of imide groups is 1. The Morgan fingerprint density at radius 1 is 1.00 bits per heavy atom. The third-order valence-electron chi connectivity index (χ3n) is 5.16. The number of imidazole rings is 1. The number of para-hydroxylation sites is 1. The fourth-order valence-corrected chi connectivity index (χ4v) is 3.76. The predicted molar refractivity (Wildman–Crippen MR) is 101 cm³/mol. The molecule has 3 aromatic rings. The topological polar surface area (TPSA) is 86.4 Å². The predicted octanol–water partition coefficient (Wildman–Crippen LogP) is 2.53. The van der Waals surface area contributed by atoms with Gasteiger partial charge in [-0.1, -0.05) is 48.5 Å². The molecule has 7 heteroatoms. The molecule has 7 nitrogen and oxygen atoms in total. The Kier molecular flexibility index (Phi) is 3.61. The molecule has 1 saturated heterocycles. The van der Waals surface area contributed by atoms with E-state index >= 15 is 0 Å². The third kappa shape index (κ3) is 2.44. The maximum atomic E-state index is 12.9. The number of aromatic nitrogens is 2. The van der Waals surface area contributed by atoms with Crippen LogP contribution in [0.1, 0.15) is 27.6 Å². The van der Waals surface area contributed by atoms with Gasteiger partial charge in [0.2, 0.25) is 5.78 Å². The minimum absolute atomic E-state index is 0.210. The zero-order valence-electron chi connectivity index (χ0n) is 14.8. The summed E-state index contributed by atoms with van der Waals surface area (Å²) in [5, 5.41) is 0. The molecule has 0 aliphatic carbocycles. The lowest BCUT2D eigenvalue weighted by molar-refractivity contribution is -0.120. The molecular weight excluding hydrogens is 356 g/mol. The van der Waals surface area contributed by atoms with Crippen molar-refractivity contribution in [2.45, 2.75) is 19.0 Å². The first-order chi connectivity index (χ1) is 13.6. The van der Waals surface area contributed by atoms with Crippen LogP contribution in [0.3, 0.4) is 0 Å². The van der Waals surface area contributed by atoms with Crippen LogP contribution in [0.15, 0.2) is 60.7 Å². The number of hydrogen-bond acceptors (Lipinski definition) is 4. The molecule has 0 saturated carbocycles. The molecule has 2 aliphatic rings. The lowest BCUT2D eigenvalue weighted by atomic mass is 10.0. The van der Waals surface area contributed by atoms with Gasteiger partial charge in [-0.25, -0.2) is 14.7 Å². The second-order valence-corrected chi connectivity index (χ2v) is 6.85. The van der Waals surface area contributed by atoms with Crippen molar-refractivity contribution < 1.29 is 14.4 Å². The van der Waals surface area contributed by atoms with Crippen LogP contribution in [0, 0.1) is 0 Å². The number of carbonyl (C=O) groups is 3. The second-order valence-electron chi connectivity index (χ2n) is 6.85. The van der Waals surface area contributed by atoms with E-state index in [1.54, 1.807) is 48.5 Å². The number of nitrogens with zero attached hydrogens (tertiary/aromatic N) is 3. The molecule has 1 fully saturated rings. The van der Waals surface area contributed by atoms with Crippen LogP contribution in [0.4, 0.5) is 10.5 Å². The average molecular weight is 372 g/mol. The normalized spacial score (nSPS) is 18.2. The number of H-pyrrole nitrogens is 1. The number of aromatic amines is 1. The van der Waals surface area contributed by atoms with E-state index in [1.807, 2.05) is 12.1 Å².